The maximum absolute atomic E-state index is 12.9. The Labute approximate surface area is 156 Å². The highest BCUT2D eigenvalue weighted by molar-refractivity contribution is 6.04. The van der Waals surface area contributed by atoms with Crippen molar-refractivity contribution in [1.29, 1.82) is 0 Å². The average Bonchev–Trinajstić information content (AvgIpc) is 2.63. The van der Waals surface area contributed by atoms with Crippen molar-refractivity contribution in [2.24, 2.45) is 5.41 Å². The number of hydrogen-bond acceptors (Lipinski definition) is 4. The molecule has 0 aromatic heterocycles. The first-order valence-electron chi connectivity index (χ1n) is 9.16. The fraction of sp³-hybridized carbons (Fsp3) is 0.600. The molecule has 0 spiro atoms. The van der Waals surface area contributed by atoms with Crippen molar-refractivity contribution in [2.75, 3.05) is 51.3 Å². The number of piperazine rings is 1. The zero-order chi connectivity index (χ0) is 19.3. The van der Waals surface area contributed by atoms with Gasteiger partial charge in [0.25, 0.3) is 0 Å². The molecular weight excluding hydrogens is 330 g/mol. The van der Waals surface area contributed by atoms with Crippen LogP contribution in [0.5, 0.6) is 0 Å². The highest BCUT2D eigenvalue weighted by atomic mass is 16.5. The first-order valence-corrected chi connectivity index (χ1v) is 9.16. The van der Waals surface area contributed by atoms with Gasteiger partial charge in [0.2, 0.25) is 11.8 Å². The summed E-state index contributed by atoms with van der Waals surface area (Å²) in [6, 6.07) is 6.32. The number of anilines is 1. The highest BCUT2D eigenvalue weighted by Crippen LogP contribution is 2.25. The van der Waals surface area contributed by atoms with Crippen molar-refractivity contribution in [2.45, 2.75) is 27.7 Å². The Bertz CT molecular complexity index is 650. The minimum Gasteiger partial charge on any atom is -0.383 e. The van der Waals surface area contributed by atoms with Gasteiger partial charge in [-0.2, -0.15) is 0 Å². The third kappa shape index (κ3) is 4.36. The van der Waals surface area contributed by atoms with Crippen molar-refractivity contribution in [3.8, 4) is 0 Å². The summed E-state index contributed by atoms with van der Waals surface area (Å²) in [7, 11) is 1.58. The van der Waals surface area contributed by atoms with E-state index in [0.717, 1.165) is 13.1 Å². The maximum atomic E-state index is 12.9. The van der Waals surface area contributed by atoms with Gasteiger partial charge in [0.05, 0.1) is 6.61 Å². The Morgan fingerprint density at radius 1 is 1.15 bits per heavy atom. The number of amides is 2. The summed E-state index contributed by atoms with van der Waals surface area (Å²) in [6.07, 6.45) is 0. The fourth-order valence-corrected chi connectivity index (χ4v) is 3.21. The number of benzene rings is 1. The third-order valence-electron chi connectivity index (χ3n) is 5.18. The van der Waals surface area contributed by atoms with Crippen molar-refractivity contribution in [3.63, 3.8) is 0 Å². The lowest BCUT2D eigenvalue weighted by molar-refractivity contribution is -0.148. The molecule has 0 atom stereocenters. The molecular formula is C20H31N3O3. The van der Waals surface area contributed by atoms with Gasteiger partial charge in [-0.25, -0.2) is 0 Å². The van der Waals surface area contributed by atoms with Gasteiger partial charge in [-0.3, -0.25) is 9.59 Å². The van der Waals surface area contributed by atoms with Crippen molar-refractivity contribution < 1.29 is 14.3 Å². The standard InChI is InChI=1S/C20H31N3O3/c1-15-7-6-8-17(16(15)2)22-10-12-23(13-11-22)19(25)20(3,4)18(24)21-9-14-26-5/h6-8H,9-14H2,1-5H3,(H,21,24). The van der Waals surface area contributed by atoms with Crippen LogP contribution in [0, 0.1) is 19.3 Å². The van der Waals surface area contributed by atoms with Crippen molar-refractivity contribution in [3.05, 3.63) is 29.3 Å². The maximum Gasteiger partial charge on any atom is 0.237 e. The SMILES string of the molecule is COCCNC(=O)C(C)(C)C(=O)N1CCN(c2cccc(C)c2C)CC1. The molecule has 1 N–H and O–H groups in total. The van der Waals surface area contributed by atoms with E-state index >= 15 is 0 Å². The summed E-state index contributed by atoms with van der Waals surface area (Å²) in [6.45, 7) is 11.3. The Hall–Kier alpha value is -2.08. The van der Waals surface area contributed by atoms with Gasteiger partial charge in [-0.15, -0.1) is 0 Å². The molecule has 6 heteroatoms. The van der Waals surface area contributed by atoms with E-state index in [0.29, 0.717) is 26.2 Å². The van der Waals surface area contributed by atoms with Gasteiger partial charge in [0.1, 0.15) is 5.41 Å². The molecule has 1 aliphatic rings. The molecule has 2 amide bonds. The smallest absolute Gasteiger partial charge is 0.237 e. The minimum atomic E-state index is -1.07. The van der Waals surface area contributed by atoms with Crippen LogP contribution < -0.4 is 10.2 Å². The summed E-state index contributed by atoms with van der Waals surface area (Å²) in [5, 5.41) is 2.77. The molecule has 1 aromatic carbocycles. The fourth-order valence-electron chi connectivity index (χ4n) is 3.21. The lowest BCUT2D eigenvalue weighted by Crippen LogP contribution is -2.55. The summed E-state index contributed by atoms with van der Waals surface area (Å²) < 4.78 is 4.94. The molecule has 1 heterocycles. The second-order valence-corrected chi connectivity index (χ2v) is 7.37. The van der Waals surface area contributed by atoms with Crippen LogP contribution in [-0.4, -0.2) is 63.2 Å². The number of hydrogen-bond donors (Lipinski definition) is 1. The molecule has 6 nitrogen and oxygen atoms in total. The van der Waals surface area contributed by atoms with Gasteiger partial charge in [0.15, 0.2) is 0 Å². The topological polar surface area (TPSA) is 61.9 Å². The predicted octanol–water partition coefficient (Wildman–Crippen LogP) is 1.74. The van der Waals surface area contributed by atoms with Crippen LogP contribution in [0.4, 0.5) is 5.69 Å². The van der Waals surface area contributed by atoms with Gasteiger partial charge >= 0.3 is 0 Å². The van der Waals surface area contributed by atoms with E-state index in [4.69, 9.17) is 4.74 Å². The summed E-state index contributed by atoms with van der Waals surface area (Å²) in [5.41, 5.74) is 2.71. The Morgan fingerprint density at radius 2 is 1.81 bits per heavy atom. The number of nitrogens with one attached hydrogen (secondary N) is 1. The normalized spacial score (nSPS) is 15.1. The lowest BCUT2D eigenvalue weighted by Gasteiger charge is -2.39. The van der Waals surface area contributed by atoms with E-state index < -0.39 is 5.41 Å². The summed E-state index contributed by atoms with van der Waals surface area (Å²) in [5.74, 6) is -0.371. The quantitative estimate of drug-likeness (QED) is 0.619. The van der Waals surface area contributed by atoms with Crippen LogP contribution >= 0.6 is 0 Å². The number of nitrogens with zero attached hydrogens (tertiary/aromatic N) is 2. The summed E-state index contributed by atoms with van der Waals surface area (Å²) >= 11 is 0. The second-order valence-electron chi connectivity index (χ2n) is 7.37. The number of carbonyl (C=O) groups is 2. The van der Waals surface area contributed by atoms with Gasteiger partial charge in [0, 0.05) is 45.5 Å². The Morgan fingerprint density at radius 3 is 2.42 bits per heavy atom. The molecule has 0 unspecified atom stereocenters. The number of ether oxygens (including phenoxy) is 1. The number of aryl methyl sites for hydroxylation is 1. The number of methoxy groups -OCH3 is 1. The second kappa shape index (κ2) is 8.54. The van der Waals surface area contributed by atoms with Gasteiger partial charge in [-0.05, 0) is 44.9 Å². The molecule has 26 heavy (non-hydrogen) atoms. The van der Waals surface area contributed by atoms with Crippen LogP contribution in [0.2, 0.25) is 0 Å². The predicted molar refractivity (Wildman–Crippen MR) is 103 cm³/mol. The largest absolute Gasteiger partial charge is 0.383 e. The number of rotatable bonds is 6. The van der Waals surface area contributed by atoms with Crippen molar-refractivity contribution >= 4 is 17.5 Å². The van der Waals surface area contributed by atoms with Crippen LogP contribution in [-0.2, 0) is 14.3 Å². The van der Waals surface area contributed by atoms with Crippen molar-refractivity contribution in [1.82, 2.24) is 10.2 Å². The van der Waals surface area contributed by atoms with E-state index in [-0.39, 0.29) is 11.8 Å². The molecule has 0 radical (unpaired) electrons. The van der Waals surface area contributed by atoms with Gasteiger partial charge < -0.3 is 19.9 Å². The average molecular weight is 361 g/mol. The first-order chi connectivity index (χ1) is 12.3. The molecule has 1 saturated heterocycles. The highest BCUT2D eigenvalue weighted by Gasteiger charge is 2.39. The van der Waals surface area contributed by atoms with Crippen LogP contribution in [0.15, 0.2) is 18.2 Å². The molecule has 0 aliphatic carbocycles. The molecule has 1 fully saturated rings. The van der Waals surface area contributed by atoms with E-state index in [1.54, 1.807) is 25.9 Å². The van der Waals surface area contributed by atoms with Crippen LogP contribution in [0.1, 0.15) is 25.0 Å². The van der Waals surface area contributed by atoms with Gasteiger partial charge in [-0.1, -0.05) is 12.1 Å². The molecule has 144 valence electrons. The van der Waals surface area contributed by atoms with E-state index in [1.807, 2.05) is 0 Å². The number of carbonyl (C=O) groups excluding carboxylic acids is 2. The Kier molecular flexibility index (Phi) is 6.64. The van der Waals surface area contributed by atoms with Crippen LogP contribution in [0.3, 0.4) is 0 Å². The monoisotopic (exact) mass is 361 g/mol. The first kappa shape index (κ1) is 20.2. The molecule has 1 aliphatic heterocycles. The third-order valence-corrected chi connectivity index (χ3v) is 5.18. The molecule has 2 rings (SSSR count). The van der Waals surface area contributed by atoms with E-state index in [2.05, 4.69) is 42.3 Å². The zero-order valence-corrected chi connectivity index (χ0v) is 16.6. The van der Waals surface area contributed by atoms with E-state index in [1.165, 1.54) is 16.8 Å². The molecule has 0 bridgehead atoms. The minimum absolute atomic E-state index is 0.118. The molecule has 1 aromatic rings. The lowest BCUT2D eigenvalue weighted by atomic mass is 9.90. The van der Waals surface area contributed by atoms with E-state index in [9.17, 15) is 9.59 Å². The molecule has 0 saturated carbocycles. The Balaban J connectivity index is 1.97. The van der Waals surface area contributed by atoms with Crippen LogP contribution in [0.25, 0.3) is 0 Å². The summed E-state index contributed by atoms with van der Waals surface area (Å²) in [4.78, 5) is 29.4. The zero-order valence-electron chi connectivity index (χ0n) is 16.6.